The Kier molecular flexibility index (Phi) is 3.89. The second-order valence-corrected chi connectivity index (χ2v) is 8.50. The van der Waals surface area contributed by atoms with Crippen molar-refractivity contribution in [2.24, 2.45) is 11.8 Å². The molecular weight excluding hydrogens is 380 g/mol. The molecule has 1 saturated heterocycles. The summed E-state index contributed by atoms with van der Waals surface area (Å²) in [5.41, 5.74) is 4.07. The lowest BCUT2D eigenvalue weighted by Gasteiger charge is -2.36. The third kappa shape index (κ3) is 2.71. The van der Waals surface area contributed by atoms with Crippen LogP contribution in [0.3, 0.4) is 0 Å². The van der Waals surface area contributed by atoms with Crippen LogP contribution in [0.4, 0.5) is 0 Å². The molecule has 1 saturated carbocycles. The highest BCUT2D eigenvalue weighted by atomic mass is 16.3. The van der Waals surface area contributed by atoms with Gasteiger partial charge in [-0.1, -0.05) is 12.1 Å². The average molecular weight is 402 g/mol. The van der Waals surface area contributed by atoms with E-state index in [0.29, 0.717) is 35.9 Å². The first kappa shape index (κ1) is 17.6. The quantitative estimate of drug-likeness (QED) is 0.536. The minimum atomic E-state index is -0.439. The van der Waals surface area contributed by atoms with Crippen LogP contribution in [0.5, 0.6) is 0 Å². The summed E-state index contributed by atoms with van der Waals surface area (Å²) in [6, 6.07) is 13.4. The van der Waals surface area contributed by atoms with E-state index in [1.54, 1.807) is 6.07 Å². The smallest absolute Gasteiger partial charge is 0.253 e. The number of aliphatic hydroxyl groups excluding tert-OH is 1. The van der Waals surface area contributed by atoms with E-state index < -0.39 is 6.10 Å². The predicted octanol–water partition coefficient (Wildman–Crippen LogP) is 2.39. The maximum absolute atomic E-state index is 13.1. The van der Waals surface area contributed by atoms with E-state index in [9.17, 15) is 9.90 Å². The molecule has 3 heterocycles. The second kappa shape index (κ2) is 6.63. The second-order valence-electron chi connectivity index (χ2n) is 8.50. The average Bonchev–Trinajstić information content (AvgIpc) is 3.49. The molecule has 2 aliphatic rings. The van der Waals surface area contributed by atoms with Gasteiger partial charge in [0, 0.05) is 18.7 Å². The van der Waals surface area contributed by atoms with Crippen LogP contribution < -0.4 is 0 Å². The topological polar surface area (TPSA) is 99.9 Å². The fraction of sp³-hybridized carbons (Fsp3) is 0.364. The third-order valence-electron chi connectivity index (χ3n) is 6.80. The van der Waals surface area contributed by atoms with Gasteiger partial charge in [-0.05, 0) is 55.0 Å². The summed E-state index contributed by atoms with van der Waals surface area (Å²) in [4.78, 5) is 19.5. The maximum Gasteiger partial charge on any atom is 0.253 e. The number of carbonyl (C=O) groups excluding carboxylic acids is 1. The lowest BCUT2D eigenvalue weighted by Crippen LogP contribution is -2.36. The van der Waals surface area contributed by atoms with E-state index >= 15 is 0 Å². The van der Waals surface area contributed by atoms with Gasteiger partial charge in [0.2, 0.25) is 0 Å². The Morgan fingerprint density at radius 1 is 1.00 bits per heavy atom. The Bertz CT molecular complexity index is 1250. The molecule has 0 bridgehead atoms. The number of hydrogen-bond acceptors (Lipinski definition) is 5. The van der Waals surface area contributed by atoms with Gasteiger partial charge in [0.25, 0.3) is 5.91 Å². The van der Waals surface area contributed by atoms with Crippen LogP contribution in [0.1, 0.15) is 29.2 Å². The Labute approximate surface area is 172 Å². The van der Waals surface area contributed by atoms with Crippen molar-refractivity contribution in [3.63, 3.8) is 0 Å². The van der Waals surface area contributed by atoms with Gasteiger partial charge in [-0.25, -0.2) is 4.98 Å². The van der Waals surface area contributed by atoms with E-state index in [4.69, 9.17) is 0 Å². The number of imidazole rings is 1. The number of amides is 1. The van der Waals surface area contributed by atoms with Crippen molar-refractivity contribution in [1.82, 2.24) is 29.9 Å². The third-order valence-corrected chi connectivity index (χ3v) is 6.80. The van der Waals surface area contributed by atoms with E-state index in [-0.39, 0.29) is 11.9 Å². The predicted molar refractivity (Wildman–Crippen MR) is 111 cm³/mol. The van der Waals surface area contributed by atoms with E-state index in [2.05, 4.69) is 25.0 Å². The molecule has 8 heteroatoms. The molecule has 2 aromatic carbocycles. The number of H-pyrrole nitrogens is 1. The largest absolute Gasteiger partial charge is 0.391 e. The summed E-state index contributed by atoms with van der Waals surface area (Å²) >= 11 is 0. The zero-order chi connectivity index (χ0) is 20.2. The lowest BCUT2D eigenvalue weighted by molar-refractivity contribution is 0.0374. The highest BCUT2D eigenvalue weighted by molar-refractivity contribution is 5.97. The van der Waals surface area contributed by atoms with Crippen molar-refractivity contribution in [2.45, 2.75) is 25.0 Å². The molecule has 2 N–H and O–H groups in total. The SMILES string of the molecule is O=C(c1ccc2n[nH]nc2c1)N1C[C@H]2C[C@@H](n3cnc4ccccc43)[C@H](O)C[C@H]2C1. The molecule has 8 nitrogen and oxygen atoms in total. The zero-order valence-corrected chi connectivity index (χ0v) is 16.3. The summed E-state index contributed by atoms with van der Waals surface area (Å²) < 4.78 is 2.11. The van der Waals surface area contributed by atoms with Gasteiger partial charge in [0.1, 0.15) is 11.0 Å². The van der Waals surface area contributed by atoms with Crippen LogP contribution in [-0.4, -0.2) is 60.1 Å². The molecule has 0 radical (unpaired) electrons. The molecule has 0 spiro atoms. The van der Waals surface area contributed by atoms with Gasteiger partial charge in [0.15, 0.2) is 0 Å². The Morgan fingerprint density at radius 3 is 2.70 bits per heavy atom. The number of para-hydroxylation sites is 2. The summed E-state index contributed by atoms with van der Waals surface area (Å²) in [5.74, 6) is 0.721. The van der Waals surface area contributed by atoms with Crippen LogP contribution in [-0.2, 0) is 0 Å². The van der Waals surface area contributed by atoms with Crippen molar-refractivity contribution in [3.05, 3.63) is 54.4 Å². The van der Waals surface area contributed by atoms with Crippen molar-refractivity contribution >= 4 is 28.0 Å². The molecule has 152 valence electrons. The highest BCUT2D eigenvalue weighted by Crippen LogP contribution is 2.42. The minimum absolute atomic E-state index is 0.0137. The molecule has 30 heavy (non-hydrogen) atoms. The van der Waals surface area contributed by atoms with Gasteiger partial charge in [-0.15, -0.1) is 0 Å². The molecule has 1 aliphatic heterocycles. The standard InChI is InChI=1S/C22H22N6O2/c29-21-9-15-11-27(22(30)13-5-6-16-18(7-13)25-26-24-16)10-14(15)8-20(21)28-12-23-17-3-1-2-4-19(17)28/h1-7,12,14-15,20-21,29H,8-11H2,(H,24,25,26)/t14-,15+,20-,21-/m1/s1. The fourth-order valence-corrected chi connectivity index (χ4v) is 5.27. The van der Waals surface area contributed by atoms with Gasteiger partial charge >= 0.3 is 0 Å². The number of benzene rings is 2. The molecule has 4 aromatic rings. The Morgan fingerprint density at radius 2 is 1.80 bits per heavy atom. The van der Waals surface area contributed by atoms with Crippen molar-refractivity contribution in [2.75, 3.05) is 13.1 Å². The number of aromatic nitrogens is 5. The van der Waals surface area contributed by atoms with Crippen LogP contribution in [0.25, 0.3) is 22.1 Å². The minimum Gasteiger partial charge on any atom is -0.391 e. The molecular formula is C22H22N6O2. The van der Waals surface area contributed by atoms with E-state index in [0.717, 1.165) is 29.5 Å². The fourth-order valence-electron chi connectivity index (χ4n) is 5.27. The molecule has 0 unspecified atom stereocenters. The van der Waals surface area contributed by atoms with Gasteiger partial charge in [-0.3, -0.25) is 4.79 Å². The van der Waals surface area contributed by atoms with Crippen LogP contribution >= 0.6 is 0 Å². The van der Waals surface area contributed by atoms with E-state index in [1.165, 1.54) is 0 Å². The van der Waals surface area contributed by atoms with Crippen LogP contribution in [0.15, 0.2) is 48.8 Å². The monoisotopic (exact) mass is 402 g/mol. The highest BCUT2D eigenvalue weighted by Gasteiger charge is 2.43. The summed E-state index contributed by atoms with van der Waals surface area (Å²) in [6.45, 7) is 1.41. The van der Waals surface area contributed by atoms with Crippen LogP contribution in [0.2, 0.25) is 0 Å². The van der Waals surface area contributed by atoms with E-state index in [1.807, 2.05) is 47.6 Å². The summed E-state index contributed by atoms with van der Waals surface area (Å²) in [5, 5.41) is 21.6. The first-order chi connectivity index (χ1) is 14.7. The van der Waals surface area contributed by atoms with Crippen molar-refractivity contribution < 1.29 is 9.90 Å². The first-order valence-electron chi connectivity index (χ1n) is 10.4. The summed E-state index contributed by atoms with van der Waals surface area (Å²) in [7, 11) is 0. The number of carbonyl (C=O) groups is 1. The van der Waals surface area contributed by atoms with Crippen LogP contribution in [0, 0.1) is 11.8 Å². The molecule has 4 atom stereocenters. The normalized spacial score (nSPS) is 26.4. The van der Waals surface area contributed by atoms with Crippen molar-refractivity contribution in [3.8, 4) is 0 Å². The van der Waals surface area contributed by atoms with Crippen molar-refractivity contribution in [1.29, 1.82) is 0 Å². The number of rotatable bonds is 2. The van der Waals surface area contributed by atoms with Gasteiger partial charge in [-0.2, -0.15) is 15.4 Å². The number of nitrogens with one attached hydrogen (secondary N) is 1. The molecule has 6 rings (SSSR count). The molecule has 1 aliphatic carbocycles. The lowest BCUT2D eigenvalue weighted by atomic mass is 9.77. The summed E-state index contributed by atoms with van der Waals surface area (Å²) in [6.07, 6.45) is 2.95. The molecule has 1 amide bonds. The molecule has 2 aromatic heterocycles. The van der Waals surface area contributed by atoms with Gasteiger partial charge < -0.3 is 14.6 Å². The zero-order valence-electron chi connectivity index (χ0n) is 16.3. The first-order valence-corrected chi connectivity index (χ1v) is 10.4. The maximum atomic E-state index is 13.1. The number of likely N-dealkylation sites (tertiary alicyclic amines) is 1. The molecule has 2 fully saturated rings. The number of fused-ring (bicyclic) bond motifs is 3. The number of aliphatic hydroxyl groups is 1. The number of nitrogens with zero attached hydrogens (tertiary/aromatic N) is 5. The number of aromatic amines is 1. The Hall–Kier alpha value is -3.26. The number of hydrogen-bond donors (Lipinski definition) is 2. The van der Waals surface area contributed by atoms with Gasteiger partial charge in [0.05, 0.1) is 29.5 Å². The Balaban J connectivity index is 1.23.